The first-order valence-electron chi connectivity index (χ1n) is 12.6. The van der Waals surface area contributed by atoms with Gasteiger partial charge < -0.3 is 19.7 Å². The predicted molar refractivity (Wildman–Crippen MR) is 149 cm³/mol. The van der Waals surface area contributed by atoms with Crippen molar-refractivity contribution in [2.45, 2.75) is 52.0 Å². The maximum Gasteiger partial charge on any atom is 0.410 e. The van der Waals surface area contributed by atoms with Gasteiger partial charge in [0.05, 0.1) is 18.5 Å². The molecule has 11 heteroatoms. The lowest BCUT2D eigenvalue weighted by Crippen LogP contribution is -2.47. The highest BCUT2D eigenvalue weighted by Gasteiger charge is 2.28. The van der Waals surface area contributed by atoms with Crippen molar-refractivity contribution in [3.63, 3.8) is 0 Å². The number of imidazole rings is 1. The van der Waals surface area contributed by atoms with E-state index in [0.29, 0.717) is 49.2 Å². The minimum Gasteiger partial charge on any atom is -0.444 e. The van der Waals surface area contributed by atoms with Gasteiger partial charge in [-0.05, 0) is 64.5 Å². The van der Waals surface area contributed by atoms with Crippen molar-refractivity contribution < 1.29 is 14.3 Å². The number of fused-ring (bicyclic) bond motifs is 1. The van der Waals surface area contributed by atoms with Crippen molar-refractivity contribution in [1.82, 2.24) is 29.4 Å². The molecule has 1 N–H and O–H groups in total. The van der Waals surface area contributed by atoms with Crippen molar-refractivity contribution in [2.75, 3.05) is 49.5 Å². The molecule has 1 fully saturated rings. The van der Waals surface area contributed by atoms with Crippen LogP contribution in [0, 0.1) is 0 Å². The number of hydrogen-bond acceptors (Lipinski definition) is 8. The lowest BCUT2D eigenvalue weighted by Gasteiger charge is -2.34. The molecule has 202 valence electrons. The number of nitrogens with zero attached hydrogens (tertiary/aromatic N) is 6. The summed E-state index contributed by atoms with van der Waals surface area (Å²) in [5, 5.41) is 3.52. The number of hydrogen-bond donors (Lipinski definition) is 1. The average Bonchev–Trinajstić information content (AvgIpc) is 3.23. The molecule has 0 radical (unpaired) electrons. The second-order valence-electron chi connectivity index (χ2n) is 11.3. The van der Waals surface area contributed by atoms with Gasteiger partial charge in [0.2, 0.25) is 0 Å². The number of anilines is 1. The Hall–Kier alpha value is -2.92. The van der Waals surface area contributed by atoms with Crippen molar-refractivity contribution in [3.8, 4) is 11.3 Å². The molecule has 37 heavy (non-hydrogen) atoms. The maximum absolute atomic E-state index is 12.6. The van der Waals surface area contributed by atoms with Gasteiger partial charge in [-0.1, -0.05) is 0 Å². The molecule has 1 unspecified atom stereocenters. The standard InChI is InChI=1S/C26H39N7O3S/c1-26(2,3)36-25(34)32-12-8-9-19(16-32)30-22-20(10-7-11-27-22)21-15-28-24-23(31-21)29-17-33(24)18-35-13-14-37(4,5)6/h7,10-11,15,17,19H,8-9,12-14,16,18H2,1-6H3,(H,27,30). The van der Waals surface area contributed by atoms with E-state index >= 15 is 0 Å². The normalized spacial score (nSPS) is 17.1. The minimum absolute atomic E-state index is 0.0536. The number of ether oxygens (including phenoxy) is 2. The first kappa shape index (κ1) is 27.1. The number of carbonyl (C=O) groups is 1. The Balaban J connectivity index is 1.45. The molecule has 3 aromatic rings. The molecule has 0 aromatic carbocycles. The summed E-state index contributed by atoms with van der Waals surface area (Å²) in [6.07, 6.45) is 13.6. The van der Waals surface area contributed by atoms with E-state index in [1.807, 2.05) is 37.5 Å². The zero-order valence-electron chi connectivity index (χ0n) is 22.7. The molecule has 1 aliphatic rings. The molecule has 4 heterocycles. The van der Waals surface area contributed by atoms with E-state index in [-0.39, 0.29) is 12.1 Å². The van der Waals surface area contributed by atoms with Gasteiger partial charge >= 0.3 is 6.09 Å². The summed E-state index contributed by atoms with van der Waals surface area (Å²) in [4.78, 5) is 32.8. The highest BCUT2D eigenvalue weighted by molar-refractivity contribution is 8.32. The number of rotatable bonds is 8. The predicted octanol–water partition coefficient (Wildman–Crippen LogP) is 4.37. The van der Waals surface area contributed by atoms with Gasteiger partial charge in [-0.25, -0.2) is 34.8 Å². The first-order valence-corrected chi connectivity index (χ1v) is 15.6. The van der Waals surface area contributed by atoms with Crippen LogP contribution in [0.25, 0.3) is 22.6 Å². The van der Waals surface area contributed by atoms with Gasteiger partial charge in [-0.15, -0.1) is 0 Å². The zero-order chi connectivity index (χ0) is 26.6. The number of pyridine rings is 1. The van der Waals surface area contributed by atoms with Gasteiger partial charge in [0.15, 0.2) is 11.3 Å². The summed E-state index contributed by atoms with van der Waals surface area (Å²) in [7, 11) is -0.589. The molecule has 3 aromatic heterocycles. The largest absolute Gasteiger partial charge is 0.444 e. The molecule has 0 aliphatic carbocycles. The minimum atomic E-state index is -0.589. The van der Waals surface area contributed by atoms with Gasteiger partial charge in [-0.3, -0.25) is 4.57 Å². The SMILES string of the molecule is CC(C)(C)OC(=O)N1CCCC(Nc2ncccc2-c2cnc3c(ncn3COCCS(C)(C)C)n2)C1. The first-order chi connectivity index (χ1) is 17.5. The van der Waals surface area contributed by atoms with Gasteiger partial charge in [0.1, 0.15) is 24.5 Å². The van der Waals surface area contributed by atoms with E-state index in [1.54, 1.807) is 23.6 Å². The van der Waals surface area contributed by atoms with Crippen LogP contribution < -0.4 is 5.32 Å². The number of likely N-dealkylation sites (tertiary alicyclic amines) is 1. The average molecular weight is 530 g/mol. The van der Waals surface area contributed by atoms with Crippen LogP contribution in [0.3, 0.4) is 0 Å². The van der Waals surface area contributed by atoms with E-state index in [2.05, 4.69) is 39.0 Å². The summed E-state index contributed by atoms with van der Waals surface area (Å²) < 4.78 is 13.3. The Morgan fingerprint density at radius 3 is 2.78 bits per heavy atom. The molecule has 4 rings (SSSR count). The Kier molecular flexibility index (Phi) is 8.23. The van der Waals surface area contributed by atoms with E-state index < -0.39 is 15.6 Å². The molecule has 1 atom stereocenters. The molecule has 0 spiro atoms. The summed E-state index contributed by atoms with van der Waals surface area (Å²) in [5.41, 5.74) is 2.25. The zero-order valence-corrected chi connectivity index (χ0v) is 23.5. The summed E-state index contributed by atoms with van der Waals surface area (Å²) in [5.74, 6) is 1.77. The van der Waals surface area contributed by atoms with Crippen molar-refractivity contribution in [1.29, 1.82) is 0 Å². The molecule has 0 saturated carbocycles. The quantitative estimate of drug-likeness (QED) is 0.429. The third-order valence-corrected chi connectivity index (χ3v) is 7.29. The van der Waals surface area contributed by atoms with Crippen LogP contribution in [0.15, 0.2) is 30.9 Å². The molecule has 10 nitrogen and oxygen atoms in total. The van der Waals surface area contributed by atoms with Crippen molar-refractivity contribution in [3.05, 3.63) is 30.9 Å². The fraction of sp³-hybridized carbons (Fsp3) is 0.577. The topological polar surface area (TPSA) is 107 Å². The van der Waals surface area contributed by atoms with Crippen LogP contribution in [-0.4, -0.2) is 91.4 Å². The van der Waals surface area contributed by atoms with E-state index in [9.17, 15) is 4.79 Å². The number of carbonyl (C=O) groups excluding carboxylic acids is 1. The van der Waals surface area contributed by atoms with Crippen LogP contribution in [0.2, 0.25) is 0 Å². The highest BCUT2D eigenvalue weighted by Crippen LogP contribution is 2.33. The second kappa shape index (κ2) is 11.2. The highest BCUT2D eigenvalue weighted by atomic mass is 32.3. The lowest BCUT2D eigenvalue weighted by molar-refractivity contribution is 0.0206. The fourth-order valence-corrected chi connectivity index (χ4v) is 4.66. The van der Waals surface area contributed by atoms with E-state index in [4.69, 9.17) is 14.5 Å². The second-order valence-corrected chi connectivity index (χ2v) is 15.8. The van der Waals surface area contributed by atoms with Crippen LogP contribution in [0.4, 0.5) is 10.6 Å². The summed E-state index contributed by atoms with van der Waals surface area (Å²) in [6, 6.07) is 3.90. The van der Waals surface area contributed by atoms with Crippen molar-refractivity contribution >= 4 is 33.2 Å². The van der Waals surface area contributed by atoms with Crippen LogP contribution >= 0.6 is 10.0 Å². The fourth-order valence-electron chi connectivity index (χ4n) is 4.04. The Labute approximate surface area is 220 Å². The third-order valence-electron chi connectivity index (χ3n) is 5.89. The van der Waals surface area contributed by atoms with Gasteiger partial charge in [0.25, 0.3) is 0 Å². The van der Waals surface area contributed by atoms with Gasteiger partial charge in [0, 0.05) is 36.6 Å². The Morgan fingerprint density at radius 2 is 2.03 bits per heavy atom. The van der Waals surface area contributed by atoms with E-state index in [0.717, 1.165) is 24.2 Å². The molecular weight excluding hydrogens is 490 g/mol. The van der Waals surface area contributed by atoms with E-state index in [1.165, 1.54) is 0 Å². The number of piperidine rings is 1. The number of amides is 1. The molecule has 1 aliphatic heterocycles. The number of nitrogens with one attached hydrogen (secondary N) is 1. The molecule has 1 saturated heterocycles. The maximum atomic E-state index is 12.6. The van der Waals surface area contributed by atoms with Crippen LogP contribution in [0.5, 0.6) is 0 Å². The Morgan fingerprint density at radius 1 is 1.22 bits per heavy atom. The van der Waals surface area contributed by atoms with Crippen molar-refractivity contribution in [2.24, 2.45) is 0 Å². The molecule has 1 amide bonds. The monoisotopic (exact) mass is 529 g/mol. The lowest BCUT2D eigenvalue weighted by atomic mass is 10.1. The Bertz CT molecular complexity index is 1220. The number of aromatic nitrogens is 5. The summed E-state index contributed by atoms with van der Waals surface area (Å²) in [6.45, 7) is 7.99. The molecular formula is C26H39N7O3S. The summed E-state index contributed by atoms with van der Waals surface area (Å²) >= 11 is 0. The smallest absolute Gasteiger partial charge is 0.410 e. The van der Waals surface area contributed by atoms with Crippen LogP contribution in [0.1, 0.15) is 33.6 Å². The third kappa shape index (κ3) is 7.54. The van der Waals surface area contributed by atoms with Gasteiger partial charge in [-0.2, -0.15) is 0 Å². The molecule has 0 bridgehead atoms. The van der Waals surface area contributed by atoms with Crippen LogP contribution in [-0.2, 0) is 16.2 Å².